The molecule has 4 aliphatic rings. The zero-order valence-electron chi connectivity index (χ0n) is 17.8. The molecule has 4 aliphatic carbocycles. The van der Waals surface area contributed by atoms with E-state index in [2.05, 4.69) is 20.8 Å². The van der Waals surface area contributed by atoms with E-state index in [1.54, 1.807) is 5.57 Å². The third-order valence-electron chi connectivity index (χ3n) is 9.65. The van der Waals surface area contributed by atoms with Crippen molar-refractivity contribution in [2.45, 2.75) is 97.2 Å². The van der Waals surface area contributed by atoms with E-state index in [-0.39, 0.29) is 29.5 Å². The van der Waals surface area contributed by atoms with Gasteiger partial charge in [-0.15, -0.1) is 0 Å². The standard InChI is InChI=1S/C24H38O4/c1-14(4-9-22(27)28)18-7-8-19-17-6-5-15-12-16(25)10-11-23(15,2)20(17)13-21(26)24(18,19)3/h14-16,18,20-21,25-26H,4-13H2,1-3H3,(H,27,28)/t14-,15+,16+,18-,20-,21-,23-,24+/m0/s1. The maximum atomic E-state index is 11.4. The van der Waals surface area contributed by atoms with Crippen molar-refractivity contribution < 1.29 is 20.1 Å². The summed E-state index contributed by atoms with van der Waals surface area (Å²) in [6, 6.07) is 0. The van der Waals surface area contributed by atoms with E-state index in [9.17, 15) is 15.0 Å². The molecule has 4 nitrogen and oxygen atoms in total. The molecular weight excluding hydrogens is 352 g/mol. The van der Waals surface area contributed by atoms with Gasteiger partial charge in [0.05, 0.1) is 12.2 Å². The molecule has 0 aromatic rings. The number of carboxylic acids is 1. The minimum atomic E-state index is -0.719. The quantitative estimate of drug-likeness (QED) is 0.616. The fourth-order valence-corrected chi connectivity index (χ4v) is 7.92. The molecule has 0 saturated heterocycles. The molecule has 0 bridgehead atoms. The number of fused-ring (bicyclic) bond motifs is 4. The van der Waals surface area contributed by atoms with Gasteiger partial charge in [-0.05, 0) is 86.9 Å². The first-order chi connectivity index (χ1) is 13.2. The third-order valence-corrected chi connectivity index (χ3v) is 9.65. The normalized spacial score (nSPS) is 46.5. The summed E-state index contributed by atoms with van der Waals surface area (Å²) in [5.41, 5.74) is 3.20. The van der Waals surface area contributed by atoms with Crippen molar-refractivity contribution in [2.24, 2.45) is 34.5 Å². The number of carbonyl (C=O) groups is 1. The Labute approximate surface area is 169 Å². The van der Waals surface area contributed by atoms with Crippen LogP contribution in [0.1, 0.15) is 85.0 Å². The second kappa shape index (κ2) is 7.12. The summed E-state index contributed by atoms with van der Waals surface area (Å²) in [5, 5.41) is 30.7. The van der Waals surface area contributed by atoms with Gasteiger partial charge in [0.2, 0.25) is 0 Å². The van der Waals surface area contributed by atoms with Gasteiger partial charge in [0.15, 0.2) is 0 Å². The second-order valence-corrected chi connectivity index (χ2v) is 10.8. The van der Waals surface area contributed by atoms with E-state index >= 15 is 0 Å². The average molecular weight is 391 g/mol. The number of aliphatic carboxylic acids is 1. The Morgan fingerprint density at radius 2 is 1.89 bits per heavy atom. The zero-order chi connectivity index (χ0) is 20.3. The summed E-state index contributed by atoms with van der Waals surface area (Å²) in [7, 11) is 0. The van der Waals surface area contributed by atoms with E-state index in [0.717, 1.165) is 44.9 Å². The second-order valence-electron chi connectivity index (χ2n) is 10.8. The molecule has 3 fully saturated rings. The van der Waals surface area contributed by atoms with Gasteiger partial charge in [0.25, 0.3) is 0 Å². The van der Waals surface area contributed by atoms with Crippen LogP contribution in [0.3, 0.4) is 0 Å². The van der Waals surface area contributed by atoms with E-state index in [1.165, 1.54) is 12.0 Å². The van der Waals surface area contributed by atoms with Gasteiger partial charge in [-0.1, -0.05) is 31.9 Å². The van der Waals surface area contributed by atoms with Crippen LogP contribution in [-0.2, 0) is 4.79 Å². The van der Waals surface area contributed by atoms with Crippen LogP contribution in [-0.4, -0.2) is 33.5 Å². The molecule has 0 amide bonds. The minimum absolute atomic E-state index is 0.142. The summed E-state index contributed by atoms with van der Waals surface area (Å²) in [5.74, 6) is 1.02. The molecule has 8 atom stereocenters. The molecule has 0 radical (unpaired) electrons. The van der Waals surface area contributed by atoms with Crippen molar-refractivity contribution in [3.05, 3.63) is 11.1 Å². The van der Waals surface area contributed by atoms with Gasteiger partial charge in [-0.3, -0.25) is 4.79 Å². The lowest BCUT2D eigenvalue weighted by molar-refractivity contribution is -0.137. The molecule has 0 unspecified atom stereocenters. The van der Waals surface area contributed by atoms with E-state index < -0.39 is 5.97 Å². The highest BCUT2D eigenvalue weighted by atomic mass is 16.4. The summed E-state index contributed by atoms with van der Waals surface area (Å²) in [6.45, 7) is 6.88. The number of aliphatic hydroxyl groups is 2. The van der Waals surface area contributed by atoms with E-state index in [1.807, 2.05) is 0 Å². The first-order valence-corrected chi connectivity index (χ1v) is 11.5. The fourth-order valence-electron chi connectivity index (χ4n) is 7.92. The number of hydrogen-bond acceptors (Lipinski definition) is 3. The Morgan fingerprint density at radius 1 is 1.14 bits per heavy atom. The molecule has 28 heavy (non-hydrogen) atoms. The maximum absolute atomic E-state index is 11.4. The number of allylic oxidation sites excluding steroid dienone is 1. The van der Waals surface area contributed by atoms with Crippen molar-refractivity contribution in [3.63, 3.8) is 0 Å². The van der Waals surface area contributed by atoms with Gasteiger partial charge < -0.3 is 15.3 Å². The third kappa shape index (κ3) is 2.98. The SMILES string of the molecule is C[C@@H](CCC(=O)O)[C@@H]1CCC2=C3CC[C@@H]4C[C@H](O)CC[C@]4(C)[C@H]3C[C@H](O)[C@@]21C. The number of rotatable bonds is 4. The molecule has 3 N–H and O–H groups in total. The highest BCUT2D eigenvalue weighted by Crippen LogP contribution is 2.65. The van der Waals surface area contributed by atoms with E-state index in [4.69, 9.17) is 5.11 Å². The zero-order valence-corrected chi connectivity index (χ0v) is 17.8. The van der Waals surface area contributed by atoms with Crippen LogP contribution in [0, 0.1) is 34.5 Å². The highest BCUT2D eigenvalue weighted by molar-refractivity contribution is 5.66. The summed E-state index contributed by atoms with van der Waals surface area (Å²) < 4.78 is 0. The molecular formula is C24H38O4. The Morgan fingerprint density at radius 3 is 2.61 bits per heavy atom. The summed E-state index contributed by atoms with van der Waals surface area (Å²) >= 11 is 0. The predicted molar refractivity (Wildman–Crippen MR) is 109 cm³/mol. The monoisotopic (exact) mass is 390 g/mol. The Balaban J connectivity index is 1.64. The van der Waals surface area contributed by atoms with Crippen LogP contribution in [0.15, 0.2) is 11.1 Å². The average Bonchev–Trinajstić information content (AvgIpc) is 3.00. The molecule has 4 heteroatoms. The van der Waals surface area contributed by atoms with Crippen molar-refractivity contribution in [1.29, 1.82) is 0 Å². The molecule has 0 spiro atoms. The Hall–Kier alpha value is -0.870. The van der Waals surface area contributed by atoms with Crippen LogP contribution >= 0.6 is 0 Å². The maximum Gasteiger partial charge on any atom is 0.303 e. The molecule has 3 saturated carbocycles. The van der Waals surface area contributed by atoms with Gasteiger partial charge >= 0.3 is 5.97 Å². The van der Waals surface area contributed by atoms with Crippen molar-refractivity contribution in [2.75, 3.05) is 0 Å². The number of carboxylic acid groups (broad SMARTS) is 1. The van der Waals surface area contributed by atoms with Gasteiger partial charge in [-0.25, -0.2) is 0 Å². The van der Waals surface area contributed by atoms with Crippen LogP contribution in [0.25, 0.3) is 0 Å². The van der Waals surface area contributed by atoms with Crippen LogP contribution < -0.4 is 0 Å². The number of aliphatic hydroxyl groups excluding tert-OH is 2. The van der Waals surface area contributed by atoms with Crippen molar-refractivity contribution in [3.8, 4) is 0 Å². The smallest absolute Gasteiger partial charge is 0.303 e. The van der Waals surface area contributed by atoms with Gasteiger partial charge in [-0.2, -0.15) is 0 Å². The lowest BCUT2D eigenvalue weighted by atomic mass is 9.48. The predicted octanol–water partition coefficient (Wildman–Crippen LogP) is 4.54. The van der Waals surface area contributed by atoms with E-state index in [0.29, 0.717) is 30.1 Å². The highest BCUT2D eigenvalue weighted by Gasteiger charge is 2.58. The summed E-state index contributed by atoms with van der Waals surface area (Å²) in [4.78, 5) is 11.0. The largest absolute Gasteiger partial charge is 0.481 e. The minimum Gasteiger partial charge on any atom is -0.481 e. The Kier molecular flexibility index (Phi) is 5.19. The lowest BCUT2D eigenvalue weighted by Crippen LogP contribution is -2.52. The van der Waals surface area contributed by atoms with Crippen LogP contribution in [0.5, 0.6) is 0 Å². The van der Waals surface area contributed by atoms with Crippen LogP contribution in [0.2, 0.25) is 0 Å². The molecule has 0 aromatic carbocycles. The molecule has 0 heterocycles. The molecule has 158 valence electrons. The van der Waals surface area contributed by atoms with Gasteiger partial charge in [0, 0.05) is 11.8 Å². The van der Waals surface area contributed by atoms with Crippen molar-refractivity contribution in [1.82, 2.24) is 0 Å². The Bertz CT molecular complexity index is 670. The summed E-state index contributed by atoms with van der Waals surface area (Å²) in [6.07, 6.45) is 8.65. The van der Waals surface area contributed by atoms with Gasteiger partial charge in [0.1, 0.15) is 0 Å². The first kappa shape index (κ1) is 20.4. The molecule has 0 aromatic heterocycles. The molecule has 0 aliphatic heterocycles. The number of hydrogen-bond donors (Lipinski definition) is 3. The topological polar surface area (TPSA) is 77.8 Å². The fraction of sp³-hybridized carbons (Fsp3) is 0.875. The van der Waals surface area contributed by atoms with Crippen molar-refractivity contribution >= 4 is 5.97 Å². The first-order valence-electron chi connectivity index (χ1n) is 11.5. The van der Waals surface area contributed by atoms with Crippen LogP contribution in [0.4, 0.5) is 0 Å². The lowest BCUT2D eigenvalue weighted by Gasteiger charge is -2.58. The molecule has 4 rings (SSSR count).